The number of aromatic nitrogens is 2. The number of nitrogens with one attached hydrogen (secondary N) is 1. The quantitative estimate of drug-likeness (QED) is 0.776. The number of anilines is 1. The minimum Gasteiger partial charge on any atom is -0.494 e. The Morgan fingerprint density at radius 2 is 1.92 bits per heavy atom. The van der Waals surface area contributed by atoms with Gasteiger partial charge in [-0.3, -0.25) is 9.20 Å². The van der Waals surface area contributed by atoms with E-state index in [0.717, 1.165) is 28.3 Å². The normalized spacial score (nSPS) is 10.8. The maximum Gasteiger partial charge on any atom is 0.274 e. The number of pyridine rings is 1. The highest BCUT2D eigenvalue weighted by atomic mass is 16.5. The molecule has 1 aromatic carbocycles. The summed E-state index contributed by atoms with van der Waals surface area (Å²) in [6.45, 7) is 6.56. The van der Waals surface area contributed by atoms with Gasteiger partial charge in [0.25, 0.3) is 5.91 Å². The van der Waals surface area contributed by atoms with E-state index in [0.29, 0.717) is 18.7 Å². The summed E-state index contributed by atoms with van der Waals surface area (Å²) in [5.74, 6) is 0.629. The molecule has 1 N–H and O–H groups in total. The number of imidazole rings is 1. The van der Waals surface area contributed by atoms with Gasteiger partial charge in [0.05, 0.1) is 12.3 Å². The zero-order valence-corrected chi connectivity index (χ0v) is 14.2. The van der Waals surface area contributed by atoms with Crippen molar-refractivity contribution < 1.29 is 9.53 Å². The highest BCUT2D eigenvalue weighted by molar-refractivity contribution is 6.04. The summed E-state index contributed by atoms with van der Waals surface area (Å²) < 4.78 is 7.28. The van der Waals surface area contributed by atoms with Crippen molar-refractivity contribution in [3.8, 4) is 5.75 Å². The number of carbonyl (C=O) groups is 1. The van der Waals surface area contributed by atoms with Crippen molar-refractivity contribution in [3.63, 3.8) is 0 Å². The van der Waals surface area contributed by atoms with Crippen LogP contribution < -0.4 is 10.1 Å². The van der Waals surface area contributed by atoms with Crippen molar-refractivity contribution in [2.45, 2.75) is 27.2 Å². The first-order chi connectivity index (χ1) is 11.6. The molecule has 0 spiro atoms. The Morgan fingerprint density at radius 3 is 2.58 bits per heavy atom. The molecule has 0 aliphatic carbocycles. The molecule has 5 nitrogen and oxygen atoms in total. The summed E-state index contributed by atoms with van der Waals surface area (Å²) in [4.78, 5) is 17.3. The number of aryl methyl sites for hydroxylation is 2. The Kier molecular flexibility index (Phi) is 4.51. The minimum absolute atomic E-state index is 0.158. The Bertz CT molecular complexity index is 866. The van der Waals surface area contributed by atoms with Crippen LogP contribution in [-0.4, -0.2) is 21.9 Å². The fraction of sp³-hybridized carbons (Fsp3) is 0.263. The van der Waals surface area contributed by atoms with E-state index >= 15 is 0 Å². The molecular formula is C19H21N3O2. The SMILES string of the molecule is CCOc1ccc(NC(=O)c2c(CC)nc3ccc(C)cn23)cc1. The van der Waals surface area contributed by atoms with Gasteiger partial charge in [-0.15, -0.1) is 0 Å². The summed E-state index contributed by atoms with van der Waals surface area (Å²) in [6, 6.07) is 11.3. The van der Waals surface area contributed by atoms with Gasteiger partial charge in [-0.2, -0.15) is 0 Å². The molecule has 124 valence electrons. The average molecular weight is 323 g/mol. The van der Waals surface area contributed by atoms with Crippen LogP contribution in [0.2, 0.25) is 0 Å². The molecule has 0 atom stereocenters. The predicted octanol–water partition coefficient (Wildman–Crippen LogP) is 3.86. The summed E-state index contributed by atoms with van der Waals surface area (Å²) in [5, 5.41) is 2.94. The van der Waals surface area contributed by atoms with Crippen LogP contribution in [0.25, 0.3) is 5.65 Å². The van der Waals surface area contributed by atoms with Crippen LogP contribution in [0, 0.1) is 6.92 Å². The number of hydrogen-bond acceptors (Lipinski definition) is 3. The lowest BCUT2D eigenvalue weighted by atomic mass is 10.2. The van der Waals surface area contributed by atoms with Crippen molar-refractivity contribution >= 4 is 17.2 Å². The molecule has 0 radical (unpaired) electrons. The lowest BCUT2D eigenvalue weighted by Crippen LogP contribution is -2.16. The highest BCUT2D eigenvalue weighted by Gasteiger charge is 2.18. The van der Waals surface area contributed by atoms with Gasteiger partial charge >= 0.3 is 0 Å². The predicted molar refractivity (Wildman–Crippen MR) is 94.9 cm³/mol. The van der Waals surface area contributed by atoms with Gasteiger partial charge < -0.3 is 10.1 Å². The van der Waals surface area contributed by atoms with E-state index in [1.807, 2.05) is 67.8 Å². The van der Waals surface area contributed by atoms with Crippen LogP contribution in [0.3, 0.4) is 0 Å². The Labute approximate surface area is 141 Å². The van der Waals surface area contributed by atoms with E-state index in [1.165, 1.54) is 0 Å². The summed E-state index contributed by atoms with van der Waals surface area (Å²) in [5.41, 5.74) is 3.98. The van der Waals surface area contributed by atoms with Crippen LogP contribution in [0.5, 0.6) is 5.75 Å². The molecular weight excluding hydrogens is 302 g/mol. The third-order valence-electron chi connectivity index (χ3n) is 3.81. The van der Waals surface area contributed by atoms with E-state index in [2.05, 4.69) is 10.3 Å². The van der Waals surface area contributed by atoms with E-state index < -0.39 is 0 Å². The summed E-state index contributed by atoms with van der Waals surface area (Å²) >= 11 is 0. The molecule has 3 aromatic rings. The van der Waals surface area contributed by atoms with Gasteiger partial charge in [0.2, 0.25) is 0 Å². The Morgan fingerprint density at radius 1 is 1.17 bits per heavy atom. The van der Waals surface area contributed by atoms with Gasteiger partial charge in [-0.25, -0.2) is 4.98 Å². The smallest absolute Gasteiger partial charge is 0.274 e. The molecule has 3 rings (SSSR count). The average Bonchev–Trinajstić information content (AvgIpc) is 2.94. The second-order valence-corrected chi connectivity index (χ2v) is 5.61. The van der Waals surface area contributed by atoms with Crippen LogP contribution in [0.4, 0.5) is 5.69 Å². The zero-order chi connectivity index (χ0) is 17.1. The number of hydrogen-bond donors (Lipinski definition) is 1. The molecule has 0 saturated heterocycles. The second-order valence-electron chi connectivity index (χ2n) is 5.61. The Balaban J connectivity index is 1.91. The van der Waals surface area contributed by atoms with Crippen molar-refractivity contribution in [2.75, 3.05) is 11.9 Å². The lowest BCUT2D eigenvalue weighted by molar-refractivity contribution is 0.102. The molecule has 0 bridgehead atoms. The number of amides is 1. The van der Waals surface area contributed by atoms with Gasteiger partial charge in [0, 0.05) is 11.9 Å². The lowest BCUT2D eigenvalue weighted by Gasteiger charge is -2.08. The zero-order valence-electron chi connectivity index (χ0n) is 14.2. The standard InChI is InChI=1S/C19H21N3O2/c1-4-16-18(22-12-13(3)6-11-17(22)21-16)19(23)20-14-7-9-15(10-8-14)24-5-2/h6-12H,4-5H2,1-3H3,(H,20,23). The maximum atomic E-state index is 12.8. The molecule has 2 aromatic heterocycles. The molecule has 0 fully saturated rings. The van der Waals surface area contributed by atoms with E-state index in [9.17, 15) is 4.79 Å². The van der Waals surface area contributed by atoms with Crippen LogP contribution in [0.1, 0.15) is 35.6 Å². The second kappa shape index (κ2) is 6.74. The topological polar surface area (TPSA) is 55.6 Å². The van der Waals surface area contributed by atoms with Crippen LogP contribution in [-0.2, 0) is 6.42 Å². The summed E-state index contributed by atoms with van der Waals surface area (Å²) in [7, 11) is 0. The van der Waals surface area contributed by atoms with Gasteiger partial charge in [-0.1, -0.05) is 13.0 Å². The number of carbonyl (C=O) groups excluding carboxylic acids is 1. The van der Waals surface area contributed by atoms with Crippen LogP contribution >= 0.6 is 0 Å². The third kappa shape index (κ3) is 3.11. The van der Waals surface area contributed by atoms with Gasteiger partial charge in [-0.05, 0) is 56.2 Å². The molecule has 24 heavy (non-hydrogen) atoms. The number of benzene rings is 1. The fourth-order valence-electron chi connectivity index (χ4n) is 2.68. The van der Waals surface area contributed by atoms with E-state index in [4.69, 9.17) is 4.74 Å². The molecule has 1 amide bonds. The van der Waals surface area contributed by atoms with E-state index in [1.54, 1.807) is 0 Å². The number of ether oxygens (including phenoxy) is 1. The monoisotopic (exact) mass is 323 g/mol. The highest BCUT2D eigenvalue weighted by Crippen LogP contribution is 2.19. The molecule has 5 heteroatoms. The minimum atomic E-state index is -0.158. The van der Waals surface area contributed by atoms with Crippen molar-refractivity contribution in [3.05, 3.63) is 59.5 Å². The maximum absolute atomic E-state index is 12.8. The van der Waals surface area contributed by atoms with E-state index in [-0.39, 0.29) is 5.91 Å². The van der Waals surface area contributed by atoms with Crippen molar-refractivity contribution in [1.82, 2.24) is 9.38 Å². The molecule has 2 heterocycles. The van der Waals surface area contributed by atoms with Crippen LogP contribution in [0.15, 0.2) is 42.6 Å². The number of fused-ring (bicyclic) bond motifs is 1. The van der Waals surface area contributed by atoms with Gasteiger partial charge in [0.1, 0.15) is 17.1 Å². The third-order valence-corrected chi connectivity index (χ3v) is 3.81. The summed E-state index contributed by atoms with van der Waals surface area (Å²) in [6.07, 6.45) is 2.64. The molecule has 0 aliphatic rings. The first kappa shape index (κ1) is 16.1. The molecule has 0 saturated carbocycles. The number of nitrogens with zero attached hydrogens (tertiary/aromatic N) is 2. The Hall–Kier alpha value is -2.82. The van der Waals surface area contributed by atoms with Crippen molar-refractivity contribution in [2.24, 2.45) is 0 Å². The fourth-order valence-corrected chi connectivity index (χ4v) is 2.68. The molecule has 0 aliphatic heterocycles. The largest absolute Gasteiger partial charge is 0.494 e. The first-order valence-electron chi connectivity index (χ1n) is 8.14. The van der Waals surface area contributed by atoms with Crippen molar-refractivity contribution in [1.29, 1.82) is 0 Å². The van der Waals surface area contributed by atoms with Gasteiger partial charge in [0.15, 0.2) is 0 Å². The number of rotatable bonds is 5. The molecule has 0 unspecified atom stereocenters. The first-order valence-corrected chi connectivity index (χ1v) is 8.14.